The molecule has 19 heavy (non-hydrogen) atoms. The van der Waals surface area contributed by atoms with E-state index in [2.05, 4.69) is 12.2 Å². The topological polar surface area (TPSA) is 21.3 Å². The quantitative estimate of drug-likeness (QED) is 0.727. The van der Waals surface area contributed by atoms with Crippen LogP contribution in [0.3, 0.4) is 0 Å². The van der Waals surface area contributed by atoms with Crippen molar-refractivity contribution in [2.45, 2.75) is 32.4 Å². The summed E-state index contributed by atoms with van der Waals surface area (Å²) in [6.07, 6.45) is -1.40. The van der Waals surface area contributed by atoms with Crippen LogP contribution in [0.25, 0.3) is 0 Å². The van der Waals surface area contributed by atoms with Crippen LogP contribution < -0.4 is 10.1 Å². The predicted octanol–water partition coefficient (Wildman–Crippen LogP) is 3.86. The van der Waals surface area contributed by atoms with Crippen molar-refractivity contribution >= 4 is 0 Å². The number of hydrogen-bond donors (Lipinski definition) is 1. The zero-order valence-electron chi connectivity index (χ0n) is 11.1. The van der Waals surface area contributed by atoms with Crippen LogP contribution in [0.4, 0.5) is 13.2 Å². The molecule has 0 radical (unpaired) electrons. The third-order valence-corrected chi connectivity index (χ3v) is 2.68. The summed E-state index contributed by atoms with van der Waals surface area (Å²) in [5.41, 5.74) is -0.669. The van der Waals surface area contributed by atoms with E-state index >= 15 is 0 Å². The summed E-state index contributed by atoms with van der Waals surface area (Å²) in [6.45, 7) is 4.44. The molecule has 0 aromatic heterocycles. The van der Waals surface area contributed by atoms with Gasteiger partial charge in [-0.15, -0.1) is 0 Å². The largest absolute Gasteiger partial charge is 0.494 e. The van der Waals surface area contributed by atoms with Crippen molar-refractivity contribution in [3.05, 3.63) is 29.8 Å². The van der Waals surface area contributed by atoms with Crippen LogP contribution in [-0.2, 0) is 6.18 Å². The summed E-state index contributed by atoms with van der Waals surface area (Å²) < 4.78 is 42.7. The van der Waals surface area contributed by atoms with Gasteiger partial charge in [-0.05, 0) is 50.6 Å². The predicted molar refractivity (Wildman–Crippen MR) is 69.3 cm³/mol. The molecule has 0 aliphatic carbocycles. The Balaban J connectivity index is 2.26. The van der Waals surface area contributed by atoms with Gasteiger partial charge >= 0.3 is 6.18 Å². The molecule has 1 aromatic carbocycles. The van der Waals surface area contributed by atoms with E-state index in [0.29, 0.717) is 6.61 Å². The number of halogens is 3. The minimum absolute atomic E-state index is 0.279. The molecule has 0 saturated heterocycles. The number of ether oxygens (including phenoxy) is 1. The Kier molecular flexibility index (Phi) is 6.70. The number of nitrogens with one attached hydrogen (secondary N) is 1. The molecular formula is C14H20F3NO. The monoisotopic (exact) mass is 275 g/mol. The van der Waals surface area contributed by atoms with Crippen molar-refractivity contribution < 1.29 is 17.9 Å². The maximum absolute atomic E-state index is 12.5. The van der Waals surface area contributed by atoms with E-state index in [1.807, 2.05) is 0 Å². The highest BCUT2D eigenvalue weighted by Gasteiger charge is 2.30. The van der Waals surface area contributed by atoms with Crippen LogP contribution in [0.5, 0.6) is 5.75 Å². The van der Waals surface area contributed by atoms with Crippen molar-refractivity contribution in [3.8, 4) is 5.75 Å². The fraction of sp³-hybridized carbons (Fsp3) is 0.571. The number of rotatable bonds is 8. The molecule has 0 saturated carbocycles. The Hall–Kier alpha value is -1.23. The molecule has 0 bridgehead atoms. The van der Waals surface area contributed by atoms with Crippen LogP contribution >= 0.6 is 0 Å². The lowest BCUT2D eigenvalue weighted by Crippen LogP contribution is -2.14. The molecule has 108 valence electrons. The molecular weight excluding hydrogens is 255 g/mol. The van der Waals surface area contributed by atoms with Gasteiger partial charge in [-0.3, -0.25) is 0 Å². The summed E-state index contributed by atoms with van der Waals surface area (Å²) in [7, 11) is 0. The zero-order valence-corrected chi connectivity index (χ0v) is 11.1. The van der Waals surface area contributed by atoms with Gasteiger partial charge in [-0.1, -0.05) is 13.0 Å². The Morgan fingerprint density at radius 2 is 1.95 bits per heavy atom. The van der Waals surface area contributed by atoms with Gasteiger partial charge in [0.1, 0.15) is 5.75 Å². The molecule has 0 unspecified atom stereocenters. The van der Waals surface area contributed by atoms with E-state index in [9.17, 15) is 13.2 Å². The molecule has 0 amide bonds. The lowest BCUT2D eigenvalue weighted by atomic mass is 10.2. The first kappa shape index (κ1) is 15.8. The Bertz CT molecular complexity index is 366. The molecule has 0 aliphatic heterocycles. The van der Waals surface area contributed by atoms with E-state index in [4.69, 9.17) is 4.74 Å². The molecule has 0 aliphatic rings. The Morgan fingerprint density at radius 1 is 1.16 bits per heavy atom. The van der Waals surface area contributed by atoms with E-state index < -0.39 is 11.7 Å². The Morgan fingerprint density at radius 3 is 2.63 bits per heavy atom. The number of hydrogen-bond acceptors (Lipinski definition) is 2. The second-order valence-corrected chi connectivity index (χ2v) is 4.29. The van der Waals surface area contributed by atoms with Crippen LogP contribution in [0.1, 0.15) is 31.7 Å². The van der Waals surface area contributed by atoms with Gasteiger partial charge < -0.3 is 10.1 Å². The minimum Gasteiger partial charge on any atom is -0.494 e. The van der Waals surface area contributed by atoms with Gasteiger partial charge in [0.05, 0.1) is 12.2 Å². The standard InChI is InChI=1S/C14H20F3NO/c1-2-18-9-4-3-5-10-19-13-8-6-7-12(11-13)14(15,16)17/h6-8,11,18H,2-5,9-10H2,1H3. The van der Waals surface area contributed by atoms with E-state index in [1.54, 1.807) is 6.07 Å². The van der Waals surface area contributed by atoms with Gasteiger partial charge in [0, 0.05) is 0 Å². The van der Waals surface area contributed by atoms with E-state index in [0.717, 1.165) is 44.5 Å². The number of alkyl halides is 3. The van der Waals surface area contributed by atoms with Gasteiger partial charge in [-0.2, -0.15) is 13.2 Å². The molecule has 0 fully saturated rings. The van der Waals surface area contributed by atoms with Gasteiger partial charge in [0.2, 0.25) is 0 Å². The molecule has 2 nitrogen and oxygen atoms in total. The van der Waals surface area contributed by atoms with Gasteiger partial charge in [-0.25, -0.2) is 0 Å². The molecule has 0 spiro atoms. The molecule has 1 rings (SSSR count). The van der Waals surface area contributed by atoms with Crippen LogP contribution in [-0.4, -0.2) is 19.7 Å². The summed E-state index contributed by atoms with van der Waals surface area (Å²) in [4.78, 5) is 0. The SMILES string of the molecule is CCNCCCCCOc1cccc(C(F)(F)F)c1. The van der Waals surface area contributed by atoms with Crippen LogP contribution in [0.2, 0.25) is 0 Å². The van der Waals surface area contributed by atoms with Gasteiger partial charge in [0.15, 0.2) is 0 Å². The van der Waals surface area contributed by atoms with Crippen molar-refractivity contribution in [1.82, 2.24) is 5.32 Å². The Labute approximate surface area is 112 Å². The molecule has 0 atom stereocenters. The lowest BCUT2D eigenvalue weighted by molar-refractivity contribution is -0.137. The van der Waals surface area contributed by atoms with Crippen LogP contribution in [0, 0.1) is 0 Å². The van der Waals surface area contributed by atoms with Crippen molar-refractivity contribution in [3.63, 3.8) is 0 Å². The average Bonchev–Trinajstić information content (AvgIpc) is 2.37. The summed E-state index contributed by atoms with van der Waals surface area (Å²) in [5.74, 6) is 0.279. The molecule has 1 N–H and O–H groups in total. The molecule has 0 heterocycles. The number of unbranched alkanes of at least 4 members (excludes halogenated alkanes) is 2. The fourth-order valence-electron chi connectivity index (χ4n) is 1.66. The summed E-state index contributed by atoms with van der Waals surface area (Å²) >= 11 is 0. The third-order valence-electron chi connectivity index (χ3n) is 2.68. The molecule has 1 aromatic rings. The highest BCUT2D eigenvalue weighted by Crippen LogP contribution is 2.31. The van der Waals surface area contributed by atoms with Crippen molar-refractivity contribution in [2.24, 2.45) is 0 Å². The summed E-state index contributed by atoms with van der Waals surface area (Å²) in [6, 6.07) is 5.00. The second-order valence-electron chi connectivity index (χ2n) is 4.29. The first-order valence-electron chi connectivity index (χ1n) is 6.55. The van der Waals surface area contributed by atoms with E-state index in [-0.39, 0.29) is 5.75 Å². The highest BCUT2D eigenvalue weighted by atomic mass is 19.4. The smallest absolute Gasteiger partial charge is 0.416 e. The molecule has 5 heteroatoms. The average molecular weight is 275 g/mol. The third kappa shape index (κ3) is 6.47. The minimum atomic E-state index is -4.31. The van der Waals surface area contributed by atoms with Crippen molar-refractivity contribution in [1.29, 1.82) is 0 Å². The highest BCUT2D eigenvalue weighted by molar-refractivity contribution is 5.30. The normalized spacial score (nSPS) is 11.6. The maximum Gasteiger partial charge on any atom is 0.416 e. The summed E-state index contributed by atoms with van der Waals surface area (Å²) in [5, 5.41) is 3.22. The van der Waals surface area contributed by atoms with Crippen molar-refractivity contribution in [2.75, 3.05) is 19.7 Å². The first-order chi connectivity index (χ1) is 9.04. The number of benzene rings is 1. The lowest BCUT2D eigenvalue weighted by Gasteiger charge is -2.10. The second kappa shape index (κ2) is 8.04. The fourth-order valence-corrected chi connectivity index (χ4v) is 1.66. The first-order valence-corrected chi connectivity index (χ1v) is 6.55. The van der Waals surface area contributed by atoms with Crippen LogP contribution in [0.15, 0.2) is 24.3 Å². The van der Waals surface area contributed by atoms with E-state index in [1.165, 1.54) is 6.07 Å². The van der Waals surface area contributed by atoms with Gasteiger partial charge in [0.25, 0.3) is 0 Å². The maximum atomic E-state index is 12.5. The zero-order chi connectivity index (χ0) is 14.1.